The Labute approximate surface area is 121 Å². The van der Waals surface area contributed by atoms with Crippen LogP contribution in [0.5, 0.6) is 0 Å². The number of nitrogens with zero attached hydrogens (tertiary/aromatic N) is 2. The van der Waals surface area contributed by atoms with Gasteiger partial charge in [-0.1, -0.05) is 22.9 Å². The molecule has 0 aliphatic heterocycles. The summed E-state index contributed by atoms with van der Waals surface area (Å²) in [5.41, 5.74) is 11.1. The zero-order chi connectivity index (χ0) is 13.4. The number of fused-ring (bicyclic) bond motifs is 1. The third-order valence-electron chi connectivity index (χ3n) is 3.86. The minimum atomic E-state index is 0.708. The van der Waals surface area contributed by atoms with E-state index in [-0.39, 0.29) is 0 Å². The van der Waals surface area contributed by atoms with E-state index in [9.17, 15) is 0 Å². The van der Waals surface area contributed by atoms with Gasteiger partial charge in [0.15, 0.2) is 0 Å². The van der Waals surface area contributed by atoms with Crippen LogP contribution in [-0.4, -0.2) is 9.78 Å². The molecule has 2 N–H and O–H groups in total. The zero-order valence-electron chi connectivity index (χ0n) is 11.1. The summed E-state index contributed by atoms with van der Waals surface area (Å²) in [7, 11) is 0. The van der Waals surface area contributed by atoms with E-state index < -0.39 is 0 Å². The van der Waals surface area contributed by atoms with Crippen LogP contribution >= 0.6 is 15.9 Å². The number of nitrogen functional groups attached to an aromatic ring is 1. The standard InChI is InChI=1S/C15H18BrN3/c1-2-10-9-11(16)7-8-13(10)19-14-6-4-3-5-12(14)15(17)18-19/h7-9H,2-6H2,1H3,(H2,17,18). The van der Waals surface area contributed by atoms with E-state index in [1.165, 1.54) is 35.3 Å². The summed E-state index contributed by atoms with van der Waals surface area (Å²) in [6.45, 7) is 2.17. The van der Waals surface area contributed by atoms with Crippen LogP contribution in [0.3, 0.4) is 0 Å². The maximum atomic E-state index is 6.08. The minimum Gasteiger partial charge on any atom is -0.382 e. The van der Waals surface area contributed by atoms with Crippen LogP contribution in [0.25, 0.3) is 5.69 Å². The number of aromatic nitrogens is 2. The first-order valence-corrected chi connectivity index (χ1v) is 7.65. The van der Waals surface area contributed by atoms with Crippen molar-refractivity contribution in [1.82, 2.24) is 9.78 Å². The van der Waals surface area contributed by atoms with Crippen molar-refractivity contribution >= 4 is 21.7 Å². The summed E-state index contributed by atoms with van der Waals surface area (Å²) in [6.07, 6.45) is 5.60. The Morgan fingerprint density at radius 2 is 2.11 bits per heavy atom. The lowest BCUT2D eigenvalue weighted by molar-refractivity contribution is 0.652. The van der Waals surface area contributed by atoms with E-state index in [1.807, 2.05) is 0 Å². The highest BCUT2D eigenvalue weighted by atomic mass is 79.9. The van der Waals surface area contributed by atoms with E-state index in [1.54, 1.807) is 0 Å². The van der Waals surface area contributed by atoms with Gasteiger partial charge in [-0.15, -0.1) is 0 Å². The second-order valence-corrected chi connectivity index (χ2v) is 5.97. The zero-order valence-corrected chi connectivity index (χ0v) is 12.7. The van der Waals surface area contributed by atoms with Crippen molar-refractivity contribution in [1.29, 1.82) is 0 Å². The van der Waals surface area contributed by atoms with Crippen LogP contribution in [0.2, 0.25) is 0 Å². The van der Waals surface area contributed by atoms with Crippen LogP contribution in [0.1, 0.15) is 36.6 Å². The molecule has 0 amide bonds. The topological polar surface area (TPSA) is 43.8 Å². The third-order valence-corrected chi connectivity index (χ3v) is 4.36. The molecule has 4 heteroatoms. The maximum Gasteiger partial charge on any atom is 0.149 e. The van der Waals surface area contributed by atoms with Gasteiger partial charge in [0, 0.05) is 15.7 Å². The molecular weight excluding hydrogens is 302 g/mol. The summed E-state index contributed by atoms with van der Waals surface area (Å²) in [5.74, 6) is 0.708. The van der Waals surface area contributed by atoms with E-state index in [4.69, 9.17) is 5.73 Å². The predicted octanol–water partition coefficient (Wildman–Crippen LogP) is 3.66. The smallest absolute Gasteiger partial charge is 0.149 e. The third kappa shape index (κ3) is 2.18. The largest absolute Gasteiger partial charge is 0.382 e. The number of aryl methyl sites for hydroxylation is 1. The van der Waals surface area contributed by atoms with Gasteiger partial charge in [-0.2, -0.15) is 5.10 Å². The Bertz CT molecular complexity index is 616. The average molecular weight is 320 g/mol. The Kier molecular flexibility index (Phi) is 3.35. The second-order valence-electron chi connectivity index (χ2n) is 5.06. The van der Waals surface area contributed by atoms with Gasteiger partial charge in [0.2, 0.25) is 0 Å². The molecule has 1 aromatic heterocycles. The summed E-state index contributed by atoms with van der Waals surface area (Å²) in [5, 5.41) is 4.58. The number of hydrogen-bond acceptors (Lipinski definition) is 2. The van der Waals surface area contributed by atoms with Crippen LogP contribution in [0, 0.1) is 0 Å². The van der Waals surface area contributed by atoms with Crippen molar-refractivity contribution in [3.63, 3.8) is 0 Å². The quantitative estimate of drug-likeness (QED) is 0.918. The normalized spacial score (nSPS) is 14.4. The van der Waals surface area contributed by atoms with Gasteiger partial charge in [-0.25, -0.2) is 4.68 Å². The Balaban J connectivity index is 2.17. The summed E-state index contributed by atoms with van der Waals surface area (Å²) in [4.78, 5) is 0. The van der Waals surface area contributed by atoms with Crippen LogP contribution in [0.4, 0.5) is 5.82 Å². The van der Waals surface area contributed by atoms with Gasteiger partial charge in [0.1, 0.15) is 5.82 Å². The Morgan fingerprint density at radius 3 is 2.89 bits per heavy atom. The molecule has 0 saturated carbocycles. The fraction of sp³-hybridized carbons (Fsp3) is 0.400. The summed E-state index contributed by atoms with van der Waals surface area (Å²) in [6, 6.07) is 6.37. The molecule has 1 aliphatic rings. The minimum absolute atomic E-state index is 0.708. The molecular formula is C15H18BrN3. The van der Waals surface area contributed by atoms with Gasteiger partial charge >= 0.3 is 0 Å². The van der Waals surface area contributed by atoms with Crippen molar-refractivity contribution in [2.45, 2.75) is 39.0 Å². The average Bonchev–Trinajstić information content (AvgIpc) is 2.76. The lowest BCUT2D eigenvalue weighted by atomic mass is 9.97. The van der Waals surface area contributed by atoms with Crippen molar-refractivity contribution < 1.29 is 0 Å². The molecule has 0 radical (unpaired) electrons. The lowest BCUT2D eigenvalue weighted by Gasteiger charge is -2.16. The molecule has 0 bridgehead atoms. The monoisotopic (exact) mass is 319 g/mol. The van der Waals surface area contributed by atoms with Crippen molar-refractivity contribution in [3.8, 4) is 5.69 Å². The molecule has 1 heterocycles. The molecule has 0 fully saturated rings. The fourth-order valence-corrected chi connectivity index (χ4v) is 3.28. The molecule has 0 spiro atoms. The first-order chi connectivity index (χ1) is 9.20. The molecule has 1 aliphatic carbocycles. The molecule has 2 aromatic rings. The number of nitrogens with two attached hydrogens (primary N) is 1. The van der Waals surface area contributed by atoms with Crippen molar-refractivity contribution in [2.24, 2.45) is 0 Å². The molecule has 3 nitrogen and oxygen atoms in total. The van der Waals surface area contributed by atoms with Crippen molar-refractivity contribution in [3.05, 3.63) is 39.5 Å². The Morgan fingerprint density at radius 1 is 1.32 bits per heavy atom. The van der Waals surface area contributed by atoms with Gasteiger partial charge in [-0.3, -0.25) is 0 Å². The molecule has 100 valence electrons. The number of anilines is 1. The fourth-order valence-electron chi connectivity index (χ4n) is 2.87. The predicted molar refractivity (Wildman–Crippen MR) is 81.7 cm³/mol. The highest BCUT2D eigenvalue weighted by molar-refractivity contribution is 9.10. The van der Waals surface area contributed by atoms with Gasteiger partial charge in [0.25, 0.3) is 0 Å². The van der Waals surface area contributed by atoms with Crippen LogP contribution < -0.4 is 5.73 Å². The molecule has 0 unspecified atom stereocenters. The number of hydrogen-bond donors (Lipinski definition) is 1. The molecule has 19 heavy (non-hydrogen) atoms. The van der Waals surface area contributed by atoms with E-state index in [0.717, 1.165) is 23.7 Å². The summed E-state index contributed by atoms with van der Waals surface area (Å²) >= 11 is 3.54. The first-order valence-electron chi connectivity index (χ1n) is 6.85. The lowest BCUT2D eigenvalue weighted by Crippen LogP contribution is -2.09. The molecule has 0 atom stereocenters. The van der Waals surface area contributed by atoms with E-state index in [2.05, 4.69) is 50.8 Å². The maximum absolute atomic E-state index is 6.08. The van der Waals surface area contributed by atoms with E-state index in [0.29, 0.717) is 5.82 Å². The van der Waals surface area contributed by atoms with Crippen LogP contribution in [-0.2, 0) is 19.3 Å². The summed E-state index contributed by atoms with van der Waals surface area (Å²) < 4.78 is 3.18. The van der Waals surface area contributed by atoms with Crippen molar-refractivity contribution in [2.75, 3.05) is 5.73 Å². The molecule has 1 aromatic carbocycles. The Hall–Kier alpha value is -1.29. The number of rotatable bonds is 2. The van der Waals surface area contributed by atoms with Gasteiger partial charge in [0.05, 0.1) is 5.69 Å². The molecule has 0 saturated heterocycles. The van der Waals surface area contributed by atoms with Crippen LogP contribution in [0.15, 0.2) is 22.7 Å². The first kappa shape index (κ1) is 12.7. The second kappa shape index (κ2) is 5.00. The number of benzene rings is 1. The van der Waals surface area contributed by atoms with E-state index >= 15 is 0 Å². The van der Waals surface area contributed by atoms with Gasteiger partial charge in [-0.05, 0) is 55.9 Å². The SMILES string of the molecule is CCc1cc(Br)ccc1-n1nc(N)c2c1CCCC2. The van der Waals surface area contributed by atoms with Gasteiger partial charge < -0.3 is 5.73 Å². The number of halogens is 1. The molecule has 3 rings (SSSR count). The highest BCUT2D eigenvalue weighted by Crippen LogP contribution is 2.30. The highest BCUT2D eigenvalue weighted by Gasteiger charge is 2.20.